The number of Topliss-reactive ketones (excluding diaryl/α,β-unsaturated/α-hetero) is 1. The van der Waals surface area contributed by atoms with Gasteiger partial charge in [-0.25, -0.2) is 9.59 Å². The molecule has 0 amide bonds. The molecule has 5 rings (SSSR count). The lowest BCUT2D eigenvalue weighted by atomic mass is 9.78. The summed E-state index contributed by atoms with van der Waals surface area (Å²) in [6, 6.07) is 17.9. The number of fused-ring (bicyclic) bond motifs is 2. The van der Waals surface area contributed by atoms with Gasteiger partial charge in [0.15, 0.2) is 5.78 Å². The Kier molecular flexibility index (Phi) is 4.90. The van der Waals surface area contributed by atoms with E-state index in [9.17, 15) is 14.4 Å². The second kappa shape index (κ2) is 7.87. The van der Waals surface area contributed by atoms with Crippen LogP contribution in [0.25, 0.3) is 16.5 Å². The van der Waals surface area contributed by atoms with Crippen molar-refractivity contribution in [2.75, 3.05) is 0 Å². The molecule has 0 bridgehead atoms. The molecule has 0 radical (unpaired) electrons. The number of carbonyl (C=O) groups excluding carboxylic acids is 2. The molecule has 0 N–H and O–H groups in total. The van der Waals surface area contributed by atoms with E-state index in [-0.39, 0.29) is 23.4 Å². The summed E-state index contributed by atoms with van der Waals surface area (Å²) in [6.07, 6.45) is 2.22. The fourth-order valence-electron chi connectivity index (χ4n) is 4.31. The first-order valence-electron chi connectivity index (χ1n) is 10.3. The summed E-state index contributed by atoms with van der Waals surface area (Å²) < 4.78 is 16.7. The first-order valence-corrected chi connectivity index (χ1v) is 10.3. The average molecular weight is 416 g/mol. The zero-order valence-electron chi connectivity index (χ0n) is 16.7. The molecule has 6 nitrogen and oxygen atoms in total. The molecule has 6 heteroatoms. The topological polar surface area (TPSA) is 82.8 Å². The summed E-state index contributed by atoms with van der Waals surface area (Å²) in [4.78, 5) is 37.8. The Hall–Kier alpha value is -3.67. The lowest BCUT2D eigenvalue weighted by molar-refractivity contribution is -0.126. The van der Waals surface area contributed by atoms with Crippen molar-refractivity contribution in [2.45, 2.75) is 31.5 Å². The van der Waals surface area contributed by atoms with Crippen LogP contribution in [0.2, 0.25) is 0 Å². The molecular formula is C25H20O6. The van der Waals surface area contributed by atoms with Crippen LogP contribution >= 0.6 is 0 Å². The third-order valence-electron chi connectivity index (χ3n) is 5.93. The lowest BCUT2D eigenvalue weighted by Gasteiger charge is -2.37. The van der Waals surface area contributed by atoms with Gasteiger partial charge in [0, 0.05) is 11.8 Å². The number of hydrogen-bond donors (Lipinski definition) is 0. The maximum atomic E-state index is 13.0. The number of allylic oxidation sites excluding steroid dienone is 1. The molecule has 156 valence electrons. The van der Waals surface area contributed by atoms with E-state index < -0.39 is 17.7 Å². The molecule has 3 atom stereocenters. The van der Waals surface area contributed by atoms with E-state index in [1.54, 1.807) is 24.3 Å². The Morgan fingerprint density at radius 3 is 2.58 bits per heavy atom. The minimum atomic E-state index is -0.725. The van der Waals surface area contributed by atoms with Gasteiger partial charge in [0.2, 0.25) is 0 Å². The van der Waals surface area contributed by atoms with Gasteiger partial charge in [-0.2, -0.15) is 0 Å². The van der Waals surface area contributed by atoms with Gasteiger partial charge in [-0.1, -0.05) is 48.5 Å². The summed E-state index contributed by atoms with van der Waals surface area (Å²) >= 11 is 0. The van der Waals surface area contributed by atoms with Crippen molar-refractivity contribution in [3.63, 3.8) is 0 Å². The highest BCUT2D eigenvalue weighted by molar-refractivity contribution is 6.22. The summed E-state index contributed by atoms with van der Waals surface area (Å²) in [7, 11) is 0. The number of esters is 1. The van der Waals surface area contributed by atoms with Gasteiger partial charge in [0.05, 0.1) is 17.8 Å². The summed E-state index contributed by atoms with van der Waals surface area (Å²) in [5.74, 6) is -0.922. The summed E-state index contributed by atoms with van der Waals surface area (Å²) in [5, 5.41) is 0.651. The Morgan fingerprint density at radius 2 is 1.74 bits per heavy atom. The van der Waals surface area contributed by atoms with Gasteiger partial charge in [-0.15, -0.1) is 0 Å². The van der Waals surface area contributed by atoms with Gasteiger partial charge < -0.3 is 13.9 Å². The number of rotatable bonds is 3. The van der Waals surface area contributed by atoms with Gasteiger partial charge in [-0.3, -0.25) is 4.79 Å². The monoisotopic (exact) mass is 416 g/mol. The van der Waals surface area contributed by atoms with Crippen molar-refractivity contribution >= 4 is 28.3 Å². The van der Waals surface area contributed by atoms with Crippen LogP contribution in [0.3, 0.4) is 0 Å². The minimum Gasteiger partial charge on any atom is -0.496 e. The molecule has 1 aliphatic carbocycles. The lowest BCUT2D eigenvalue weighted by Crippen LogP contribution is -2.42. The number of hydrogen-bond acceptors (Lipinski definition) is 6. The third kappa shape index (κ3) is 3.65. The Labute approximate surface area is 178 Å². The molecule has 3 aromatic rings. The van der Waals surface area contributed by atoms with Gasteiger partial charge in [0.25, 0.3) is 0 Å². The Morgan fingerprint density at radius 1 is 0.968 bits per heavy atom. The largest absolute Gasteiger partial charge is 0.496 e. The van der Waals surface area contributed by atoms with Crippen molar-refractivity contribution < 1.29 is 23.5 Å². The van der Waals surface area contributed by atoms with Crippen molar-refractivity contribution in [1.82, 2.24) is 0 Å². The predicted octanol–water partition coefficient (Wildman–Crippen LogP) is 4.13. The van der Waals surface area contributed by atoms with Crippen LogP contribution in [0.15, 0.2) is 76.1 Å². The Bertz CT molecular complexity index is 1240. The maximum absolute atomic E-state index is 13.0. The van der Waals surface area contributed by atoms with E-state index in [0.29, 0.717) is 35.8 Å². The van der Waals surface area contributed by atoms with E-state index in [1.807, 2.05) is 30.3 Å². The minimum absolute atomic E-state index is 0.0578. The second-order valence-electron chi connectivity index (χ2n) is 7.87. The van der Waals surface area contributed by atoms with E-state index in [2.05, 4.69) is 0 Å². The highest BCUT2D eigenvalue weighted by Crippen LogP contribution is 2.37. The van der Waals surface area contributed by atoms with E-state index >= 15 is 0 Å². The summed E-state index contributed by atoms with van der Waals surface area (Å²) in [5.41, 5.74) is 0.970. The molecule has 31 heavy (non-hydrogen) atoms. The zero-order chi connectivity index (χ0) is 21.4. The molecule has 3 unspecified atom stereocenters. The van der Waals surface area contributed by atoms with Crippen LogP contribution in [0.4, 0.5) is 0 Å². The number of ether oxygens (including phenoxy) is 2. The predicted molar refractivity (Wildman–Crippen MR) is 113 cm³/mol. The van der Waals surface area contributed by atoms with Crippen molar-refractivity contribution in [3.05, 3.63) is 88.5 Å². The fourth-order valence-corrected chi connectivity index (χ4v) is 4.31. The fraction of sp³-hybridized carbons (Fsp3) is 0.240. The molecule has 1 fully saturated rings. The van der Waals surface area contributed by atoms with Crippen LogP contribution in [-0.2, 0) is 14.3 Å². The van der Waals surface area contributed by atoms with Crippen LogP contribution < -0.4 is 5.63 Å². The smallest absolute Gasteiger partial charge is 0.351 e. The molecule has 2 aromatic carbocycles. The SMILES string of the molecule is O=C(OC1CCC2C(=O)C(c3ccccc3)=COC2C1)c1cc2ccccc2oc1=O. The van der Waals surface area contributed by atoms with Crippen LogP contribution in [0, 0.1) is 5.92 Å². The first-order chi connectivity index (χ1) is 15.1. The quantitative estimate of drug-likeness (QED) is 0.472. The van der Waals surface area contributed by atoms with Crippen LogP contribution in [0.5, 0.6) is 0 Å². The number of para-hydroxylation sites is 1. The molecule has 0 spiro atoms. The van der Waals surface area contributed by atoms with Crippen molar-refractivity contribution in [1.29, 1.82) is 0 Å². The van der Waals surface area contributed by atoms with Gasteiger partial charge in [-0.05, 0) is 30.5 Å². The van der Waals surface area contributed by atoms with Crippen LogP contribution in [-0.4, -0.2) is 24.0 Å². The molecular weight excluding hydrogens is 396 g/mol. The molecule has 2 heterocycles. The van der Waals surface area contributed by atoms with Crippen LogP contribution in [0.1, 0.15) is 35.2 Å². The standard InChI is InChI=1S/C25H20O6/c26-23-18-11-10-17(13-22(18)29-14-20(23)15-6-2-1-3-7-15)30-24(27)19-12-16-8-4-5-9-21(16)31-25(19)28/h1-9,12,14,17-18,22H,10-11,13H2. The molecule has 1 aromatic heterocycles. The number of benzene rings is 2. The van der Waals surface area contributed by atoms with E-state index in [0.717, 1.165) is 5.56 Å². The van der Waals surface area contributed by atoms with E-state index in [4.69, 9.17) is 13.9 Å². The summed E-state index contributed by atoms with van der Waals surface area (Å²) in [6.45, 7) is 0. The number of carbonyl (C=O) groups is 2. The second-order valence-corrected chi connectivity index (χ2v) is 7.87. The molecule has 0 saturated heterocycles. The molecule has 1 saturated carbocycles. The van der Waals surface area contributed by atoms with Crippen molar-refractivity contribution in [2.24, 2.45) is 5.92 Å². The average Bonchev–Trinajstić information content (AvgIpc) is 2.79. The Balaban J connectivity index is 1.30. The maximum Gasteiger partial charge on any atom is 0.351 e. The zero-order valence-corrected chi connectivity index (χ0v) is 16.7. The first kappa shape index (κ1) is 19.3. The van der Waals surface area contributed by atoms with Crippen molar-refractivity contribution in [3.8, 4) is 0 Å². The highest BCUT2D eigenvalue weighted by Gasteiger charge is 2.41. The molecule has 1 aliphatic heterocycles. The highest BCUT2D eigenvalue weighted by atomic mass is 16.5. The van der Waals surface area contributed by atoms with Gasteiger partial charge >= 0.3 is 11.6 Å². The number of ketones is 1. The third-order valence-corrected chi connectivity index (χ3v) is 5.93. The van der Waals surface area contributed by atoms with Gasteiger partial charge in [0.1, 0.15) is 23.4 Å². The molecule has 2 aliphatic rings. The normalized spacial score (nSPS) is 22.9. The van der Waals surface area contributed by atoms with E-state index in [1.165, 1.54) is 12.3 Å².